The lowest BCUT2D eigenvalue weighted by atomic mass is 10.2. The number of para-hydroxylation sites is 1. The van der Waals surface area contributed by atoms with Gasteiger partial charge in [0, 0.05) is 18.1 Å². The summed E-state index contributed by atoms with van der Waals surface area (Å²) >= 11 is 0. The molecule has 6 nitrogen and oxygen atoms in total. The molecule has 1 aromatic carbocycles. The molecule has 6 heteroatoms. The molecule has 0 spiro atoms. The minimum Gasteiger partial charge on any atom is -0.436 e. The van der Waals surface area contributed by atoms with E-state index in [1.807, 2.05) is 44.3 Å². The molecule has 0 radical (unpaired) electrons. The molecule has 0 N–H and O–H groups in total. The summed E-state index contributed by atoms with van der Waals surface area (Å²) in [5, 5.41) is 5.99. The molecule has 0 aliphatic rings. The molecule has 0 saturated heterocycles. The van der Waals surface area contributed by atoms with Crippen molar-refractivity contribution in [2.24, 2.45) is 7.05 Å². The number of aromatic nitrogens is 5. The molecule has 3 heterocycles. The number of benzene rings is 1. The van der Waals surface area contributed by atoms with Crippen LogP contribution in [-0.4, -0.2) is 24.7 Å². The Morgan fingerprint density at radius 2 is 2.00 bits per heavy atom. The monoisotopic (exact) mass is 291 g/mol. The highest BCUT2D eigenvalue weighted by atomic mass is 16.5. The maximum Gasteiger partial charge on any atom is 0.233 e. The molecule has 0 aliphatic heterocycles. The quantitative estimate of drug-likeness (QED) is 0.568. The number of pyridine rings is 1. The fraction of sp³-hybridized carbons (Fsp3) is 0.125. The third kappa shape index (κ3) is 1.96. The number of hydrogen-bond donors (Lipinski definition) is 0. The number of hydrogen-bond acceptors (Lipinski definition) is 5. The Balaban J connectivity index is 1.88. The van der Waals surface area contributed by atoms with E-state index in [9.17, 15) is 0 Å². The number of nitrogens with zero attached hydrogens (tertiary/aromatic N) is 5. The second-order valence-corrected chi connectivity index (χ2v) is 5.07. The predicted molar refractivity (Wildman–Crippen MR) is 82.9 cm³/mol. The normalized spacial score (nSPS) is 11.2. The van der Waals surface area contributed by atoms with Crippen LogP contribution in [0.3, 0.4) is 0 Å². The van der Waals surface area contributed by atoms with Gasteiger partial charge >= 0.3 is 0 Å². The van der Waals surface area contributed by atoms with Gasteiger partial charge in [0.25, 0.3) is 0 Å². The number of rotatable bonds is 2. The van der Waals surface area contributed by atoms with E-state index < -0.39 is 0 Å². The fourth-order valence-electron chi connectivity index (χ4n) is 2.43. The first-order valence-corrected chi connectivity index (χ1v) is 6.89. The highest BCUT2D eigenvalue weighted by Gasteiger charge is 2.12. The standard InChI is InChI=1S/C16H13N5O/c1-10-6-7-11-4-3-5-13(14(11)20-10)22-16-12-8-19-21(2)15(12)17-9-18-16/h3-9H,1-2H3. The third-order valence-electron chi connectivity index (χ3n) is 3.52. The summed E-state index contributed by atoms with van der Waals surface area (Å²) in [5.74, 6) is 1.15. The van der Waals surface area contributed by atoms with Crippen LogP contribution in [0.25, 0.3) is 21.9 Å². The van der Waals surface area contributed by atoms with E-state index in [-0.39, 0.29) is 0 Å². The molecular weight excluding hydrogens is 278 g/mol. The van der Waals surface area contributed by atoms with E-state index in [0.29, 0.717) is 11.6 Å². The Kier molecular flexibility index (Phi) is 2.75. The van der Waals surface area contributed by atoms with E-state index in [0.717, 1.165) is 27.6 Å². The predicted octanol–water partition coefficient (Wildman–Crippen LogP) is 3.01. The molecule has 0 saturated carbocycles. The molecule has 0 fully saturated rings. The minimum atomic E-state index is 0.480. The third-order valence-corrected chi connectivity index (χ3v) is 3.52. The van der Waals surface area contributed by atoms with Crippen LogP contribution >= 0.6 is 0 Å². The van der Waals surface area contributed by atoms with Gasteiger partial charge in [-0.1, -0.05) is 18.2 Å². The summed E-state index contributed by atoms with van der Waals surface area (Å²) < 4.78 is 7.70. The van der Waals surface area contributed by atoms with Gasteiger partial charge < -0.3 is 4.74 Å². The van der Waals surface area contributed by atoms with Crippen LogP contribution in [-0.2, 0) is 7.05 Å². The fourth-order valence-corrected chi connectivity index (χ4v) is 2.43. The molecule has 22 heavy (non-hydrogen) atoms. The van der Waals surface area contributed by atoms with Crippen LogP contribution in [0, 0.1) is 6.92 Å². The van der Waals surface area contributed by atoms with E-state index in [1.165, 1.54) is 6.33 Å². The average Bonchev–Trinajstić information content (AvgIpc) is 2.91. The van der Waals surface area contributed by atoms with Crippen molar-refractivity contribution in [2.75, 3.05) is 0 Å². The first-order chi connectivity index (χ1) is 10.7. The van der Waals surface area contributed by atoms with Crippen LogP contribution in [0.15, 0.2) is 42.9 Å². The van der Waals surface area contributed by atoms with Crippen molar-refractivity contribution in [3.63, 3.8) is 0 Å². The van der Waals surface area contributed by atoms with Gasteiger partial charge in [-0.05, 0) is 19.1 Å². The minimum absolute atomic E-state index is 0.480. The molecule has 0 atom stereocenters. The molecular formula is C16H13N5O. The van der Waals surface area contributed by atoms with Crippen molar-refractivity contribution < 1.29 is 4.74 Å². The maximum absolute atomic E-state index is 6.01. The zero-order chi connectivity index (χ0) is 15.1. The van der Waals surface area contributed by atoms with Crippen molar-refractivity contribution in [1.29, 1.82) is 0 Å². The van der Waals surface area contributed by atoms with E-state index in [1.54, 1.807) is 10.9 Å². The van der Waals surface area contributed by atoms with Gasteiger partial charge in [-0.15, -0.1) is 0 Å². The van der Waals surface area contributed by atoms with Crippen LogP contribution in [0.5, 0.6) is 11.6 Å². The first kappa shape index (κ1) is 12.7. The number of fused-ring (bicyclic) bond motifs is 2. The lowest BCUT2D eigenvalue weighted by molar-refractivity contribution is 0.472. The second kappa shape index (κ2) is 4.77. The van der Waals surface area contributed by atoms with Gasteiger partial charge in [0.2, 0.25) is 5.88 Å². The summed E-state index contributed by atoms with van der Waals surface area (Å²) in [7, 11) is 1.84. The van der Waals surface area contributed by atoms with Crippen LogP contribution in [0.2, 0.25) is 0 Å². The lowest BCUT2D eigenvalue weighted by Gasteiger charge is -2.08. The van der Waals surface area contributed by atoms with Gasteiger partial charge in [0.15, 0.2) is 11.4 Å². The van der Waals surface area contributed by atoms with Gasteiger partial charge in [0.05, 0.1) is 6.20 Å². The molecule has 0 unspecified atom stereocenters. The van der Waals surface area contributed by atoms with Crippen LogP contribution in [0.4, 0.5) is 0 Å². The van der Waals surface area contributed by atoms with Crippen molar-refractivity contribution in [3.05, 3.63) is 48.5 Å². The highest BCUT2D eigenvalue weighted by molar-refractivity contribution is 5.86. The molecule has 3 aromatic heterocycles. The second-order valence-electron chi connectivity index (χ2n) is 5.07. The van der Waals surface area contributed by atoms with Crippen molar-refractivity contribution >= 4 is 21.9 Å². The van der Waals surface area contributed by atoms with E-state index in [2.05, 4.69) is 20.1 Å². The summed E-state index contributed by atoms with van der Waals surface area (Å²) in [6.07, 6.45) is 3.18. The zero-order valence-electron chi connectivity index (χ0n) is 12.2. The van der Waals surface area contributed by atoms with Crippen molar-refractivity contribution in [1.82, 2.24) is 24.7 Å². The molecule has 0 aliphatic carbocycles. The molecule has 4 rings (SSSR count). The van der Waals surface area contributed by atoms with Gasteiger partial charge in [-0.25, -0.2) is 15.0 Å². The molecule has 4 aromatic rings. The lowest BCUT2D eigenvalue weighted by Crippen LogP contribution is -1.95. The number of aryl methyl sites for hydroxylation is 2. The molecule has 108 valence electrons. The van der Waals surface area contributed by atoms with Crippen molar-refractivity contribution in [2.45, 2.75) is 6.92 Å². The van der Waals surface area contributed by atoms with E-state index in [4.69, 9.17) is 4.74 Å². The highest BCUT2D eigenvalue weighted by Crippen LogP contribution is 2.30. The number of ether oxygens (including phenoxy) is 1. The average molecular weight is 291 g/mol. The van der Waals surface area contributed by atoms with Gasteiger partial charge in [-0.2, -0.15) is 5.10 Å². The summed E-state index contributed by atoms with van der Waals surface area (Å²) in [5.41, 5.74) is 2.49. The van der Waals surface area contributed by atoms with Crippen LogP contribution < -0.4 is 4.74 Å². The Morgan fingerprint density at radius 3 is 2.91 bits per heavy atom. The Bertz CT molecular complexity index is 992. The van der Waals surface area contributed by atoms with Crippen molar-refractivity contribution in [3.8, 4) is 11.6 Å². The largest absolute Gasteiger partial charge is 0.436 e. The Labute approximate surface area is 126 Å². The Morgan fingerprint density at radius 1 is 1.09 bits per heavy atom. The topological polar surface area (TPSA) is 65.7 Å². The van der Waals surface area contributed by atoms with E-state index >= 15 is 0 Å². The smallest absolute Gasteiger partial charge is 0.233 e. The molecule has 0 amide bonds. The SMILES string of the molecule is Cc1ccc2cccc(Oc3ncnc4c3cnn4C)c2n1. The summed E-state index contributed by atoms with van der Waals surface area (Å²) in [4.78, 5) is 13.0. The summed E-state index contributed by atoms with van der Waals surface area (Å²) in [6, 6.07) is 9.85. The molecule has 0 bridgehead atoms. The maximum atomic E-state index is 6.01. The zero-order valence-corrected chi connectivity index (χ0v) is 12.2. The van der Waals surface area contributed by atoms with Crippen LogP contribution in [0.1, 0.15) is 5.69 Å². The van der Waals surface area contributed by atoms with Gasteiger partial charge in [0.1, 0.15) is 17.2 Å². The summed E-state index contributed by atoms with van der Waals surface area (Å²) in [6.45, 7) is 1.96. The Hall–Kier alpha value is -3.02. The van der Waals surface area contributed by atoms with Gasteiger partial charge in [-0.3, -0.25) is 4.68 Å². The first-order valence-electron chi connectivity index (χ1n) is 6.89.